The fourth-order valence-corrected chi connectivity index (χ4v) is 15.3. The number of hydrogen-bond acceptors (Lipinski definition) is 2. The van der Waals surface area contributed by atoms with Crippen LogP contribution in [0.4, 0.5) is 5.69 Å². The van der Waals surface area contributed by atoms with Gasteiger partial charge in [-0.2, -0.15) is 0 Å². The molecule has 0 bridgehead atoms. The summed E-state index contributed by atoms with van der Waals surface area (Å²) in [6, 6.07) is 45.8. The largest absolute Gasteiger partial charge is 0.400 e. The molecule has 1 aliphatic carbocycles. The van der Waals surface area contributed by atoms with Crippen LogP contribution in [0.3, 0.4) is 0 Å². The molecular weight excluding hydrogens is 830 g/mol. The third-order valence-corrected chi connectivity index (χ3v) is 18.9. The van der Waals surface area contributed by atoms with Gasteiger partial charge in [-0.05, 0) is 124 Å². The molecule has 2 atom stereocenters. The van der Waals surface area contributed by atoms with Crippen molar-refractivity contribution in [3.63, 3.8) is 0 Å². The fraction of sp³-hybridized carbons (Fsp3) is 0.323. The van der Waals surface area contributed by atoms with Crippen molar-refractivity contribution in [2.75, 3.05) is 4.81 Å². The van der Waals surface area contributed by atoms with Crippen LogP contribution < -0.4 is 15.7 Å². The van der Waals surface area contributed by atoms with Crippen LogP contribution >= 0.6 is 11.3 Å². The van der Waals surface area contributed by atoms with Gasteiger partial charge in [0.25, 0.3) is 0 Å². The minimum Gasteiger partial charge on any atom is -0.400 e. The van der Waals surface area contributed by atoms with Gasteiger partial charge in [0.15, 0.2) is 0 Å². The van der Waals surface area contributed by atoms with E-state index >= 15 is 0 Å². The lowest BCUT2D eigenvalue weighted by atomic mass is 9.42. The predicted octanol–water partition coefficient (Wildman–Crippen LogP) is 15.7. The van der Waals surface area contributed by atoms with Gasteiger partial charge in [-0.3, -0.25) is 0 Å². The van der Waals surface area contributed by atoms with E-state index in [4.69, 9.17) is 0 Å². The third kappa shape index (κ3) is 4.94. The summed E-state index contributed by atoms with van der Waals surface area (Å²) < 4.78 is 8.26. The Kier molecular flexibility index (Phi) is 7.61. The lowest BCUT2D eigenvalue weighted by Gasteiger charge is -2.54. The first-order valence-corrected chi connectivity index (χ1v) is 25.8. The van der Waals surface area contributed by atoms with E-state index in [-0.39, 0.29) is 34.0 Å². The van der Waals surface area contributed by atoms with E-state index in [9.17, 15) is 0 Å². The zero-order valence-electron chi connectivity index (χ0n) is 41.1. The molecule has 0 N–H and O–H groups in total. The molecule has 3 nitrogen and oxygen atoms in total. The van der Waals surface area contributed by atoms with Crippen LogP contribution in [-0.4, -0.2) is 21.5 Å². The highest BCUT2D eigenvalue weighted by Crippen LogP contribution is 2.65. The Morgan fingerprint density at radius 3 is 1.93 bits per heavy atom. The quantitative estimate of drug-likeness (QED) is 0.150. The van der Waals surface area contributed by atoms with Gasteiger partial charge in [-0.15, -0.1) is 11.3 Å². The lowest BCUT2D eigenvalue weighted by Crippen LogP contribution is -2.70. The molecule has 1 saturated carbocycles. The van der Waals surface area contributed by atoms with Gasteiger partial charge >= 0.3 is 6.85 Å². The first kappa shape index (κ1) is 40.3. The summed E-state index contributed by atoms with van der Waals surface area (Å²) >= 11 is 2.04. The summed E-state index contributed by atoms with van der Waals surface area (Å²) in [4.78, 5) is 3.06. The molecule has 0 amide bonds. The summed E-state index contributed by atoms with van der Waals surface area (Å²) in [6.45, 7) is 26.8. The molecule has 0 radical (unpaired) electrons. The Morgan fingerprint density at radius 1 is 0.552 bits per heavy atom. The van der Waals surface area contributed by atoms with Crippen molar-refractivity contribution in [2.45, 2.75) is 129 Å². The van der Waals surface area contributed by atoms with E-state index in [1.807, 2.05) is 11.3 Å². The summed E-state index contributed by atoms with van der Waals surface area (Å²) in [6.07, 6.45) is 4.90. The van der Waals surface area contributed by atoms with Crippen LogP contribution in [-0.2, 0) is 21.7 Å². The zero-order chi connectivity index (χ0) is 46.1. The summed E-state index contributed by atoms with van der Waals surface area (Å²) in [5, 5.41) is 8.24. The van der Waals surface area contributed by atoms with Crippen LogP contribution in [0.15, 0.2) is 115 Å². The SMILES string of the molecule is CC(C)(C)c1cc2c3c(c1)-n1c4ccc(C(C)(C)C)cc4c4c1c(cc1c5cc(C(C)(C)C)ccc5n(-c5ccccc5)c14)B3N1c3c-2cc2c(sc4ccccc42)c3C2(C)CCCCC12C. The fourth-order valence-electron chi connectivity index (χ4n) is 13.9. The maximum atomic E-state index is 3.06. The number of aromatic nitrogens is 2. The molecule has 3 aliphatic heterocycles. The Balaban J connectivity index is 1.24. The maximum absolute atomic E-state index is 3.06. The molecule has 0 saturated heterocycles. The number of benzene rings is 7. The van der Waals surface area contributed by atoms with Crippen LogP contribution in [0.5, 0.6) is 0 Å². The highest BCUT2D eigenvalue weighted by atomic mass is 32.1. The average Bonchev–Trinajstić information content (AvgIpc) is 3.99. The number of hydrogen-bond donors (Lipinski definition) is 0. The second-order valence-corrected chi connectivity index (χ2v) is 25.5. The minimum atomic E-state index is -0.0958. The Bertz CT molecular complexity index is 3860. The van der Waals surface area contributed by atoms with Gasteiger partial charge in [0.1, 0.15) is 0 Å². The summed E-state index contributed by atoms with van der Waals surface area (Å²) in [7, 11) is 0. The Hall–Kier alpha value is -5.78. The number of nitrogens with zero attached hydrogens (tertiary/aromatic N) is 3. The van der Waals surface area contributed by atoms with E-state index in [0.29, 0.717) is 0 Å². The van der Waals surface area contributed by atoms with Crippen molar-refractivity contribution in [1.82, 2.24) is 9.13 Å². The van der Waals surface area contributed by atoms with Crippen molar-refractivity contribution in [3.8, 4) is 22.5 Å². The van der Waals surface area contributed by atoms with Crippen molar-refractivity contribution in [3.05, 3.63) is 138 Å². The molecule has 2 unspecified atom stereocenters. The lowest BCUT2D eigenvalue weighted by molar-refractivity contribution is 0.200. The zero-order valence-corrected chi connectivity index (χ0v) is 41.9. The van der Waals surface area contributed by atoms with Crippen LogP contribution in [0.1, 0.15) is 124 Å². The van der Waals surface area contributed by atoms with E-state index < -0.39 is 0 Å². The average molecular weight is 890 g/mol. The number of thiophene rings is 1. The van der Waals surface area contributed by atoms with Crippen molar-refractivity contribution in [2.24, 2.45) is 0 Å². The highest BCUT2D eigenvalue weighted by Gasteiger charge is 2.63. The van der Waals surface area contributed by atoms with Crippen LogP contribution in [0.25, 0.3) is 86.3 Å². The van der Waals surface area contributed by atoms with E-state index in [2.05, 4.69) is 205 Å². The molecule has 14 rings (SSSR count). The molecule has 0 spiro atoms. The molecule has 10 aromatic rings. The van der Waals surface area contributed by atoms with Crippen molar-refractivity contribution in [1.29, 1.82) is 0 Å². The smallest absolute Gasteiger partial charge is 0.328 e. The number of anilines is 1. The molecule has 332 valence electrons. The Labute approximate surface area is 399 Å². The maximum Gasteiger partial charge on any atom is 0.328 e. The summed E-state index contributed by atoms with van der Waals surface area (Å²) in [5.74, 6) is 0. The first-order chi connectivity index (χ1) is 31.9. The molecule has 5 heteroatoms. The van der Waals surface area contributed by atoms with Gasteiger partial charge in [-0.1, -0.05) is 143 Å². The summed E-state index contributed by atoms with van der Waals surface area (Å²) in [5.41, 5.74) is 20.7. The molecule has 1 fully saturated rings. The van der Waals surface area contributed by atoms with Gasteiger partial charge in [-0.25, -0.2) is 0 Å². The van der Waals surface area contributed by atoms with Gasteiger partial charge in [0.2, 0.25) is 0 Å². The monoisotopic (exact) mass is 889 g/mol. The van der Waals surface area contributed by atoms with E-state index in [1.54, 1.807) is 5.56 Å². The van der Waals surface area contributed by atoms with Crippen LogP contribution in [0, 0.1) is 0 Å². The van der Waals surface area contributed by atoms with E-state index in [1.165, 1.54) is 145 Å². The van der Waals surface area contributed by atoms with Crippen LogP contribution in [0.2, 0.25) is 0 Å². The minimum absolute atomic E-state index is 0.000953. The second kappa shape index (κ2) is 12.7. The number of rotatable bonds is 1. The normalized spacial score (nSPS) is 20.0. The second-order valence-electron chi connectivity index (χ2n) is 24.5. The topological polar surface area (TPSA) is 13.1 Å². The Morgan fingerprint density at radius 2 is 1.21 bits per heavy atom. The third-order valence-electron chi connectivity index (χ3n) is 17.7. The van der Waals surface area contributed by atoms with Gasteiger partial charge < -0.3 is 13.9 Å². The van der Waals surface area contributed by atoms with E-state index in [0.717, 1.165) is 0 Å². The molecule has 3 aromatic heterocycles. The van der Waals surface area contributed by atoms with Crippen molar-refractivity contribution < 1.29 is 0 Å². The first-order valence-electron chi connectivity index (χ1n) is 25.0. The number of fused-ring (bicyclic) bond motifs is 18. The molecule has 7 aromatic carbocycles. The van der Waals surface area contributed by atoms with Gasteiger partial charge in [0.05, 0.1) is 22.1 Å². The number of para-hydroxylation sites is 1. The van der Waals surface area contributed by atoms with Gasteiger partial charge in [0, 0.05) is 80.9 Å². The molecule has 4 aliphatic rings. The highest BCUT2D eigenvalue weighted by molar-refractivity contribution is 7.26. The molecule has 6 heterocycles. The van der Waals surface area contributed by atoms with Crippen molar-refractivity contribution >= 4 is 98.6 Å². The standard InChI is InChI=1S/C62H60BN3S/c1-58(2,3)35-23-25-47-40(29-35)43-34-46-56-51(54(43)64(47)38-19-13-12-14-20-38)45-30-36(59(4,5)6)24-26-48(45)65(56)49-32-37(60(7,8)9)31-41-42-33-44-39-21-15-16-22-50(39)67-57(44)52-55(42)66(63(46)53(41)49)62(11)28-18-17-27-61(52,62)10/h12-16,19-26,29-34H,17-18,27-28H2,1-11H3. The molecule has 67 heavy (non-hydrogen) atoms. The molecular formula is C62H60BN3S. The predicted molar refractivity (Wildman–Crippen MR) is 291 cm³/mol.